The van der Waals surface area contributed by atoms with Gasteiger partial charge >= 0.3 is 0 Å². The van der Waals surface area contributed by atoms with Crippen molar-refractivity contribution in [2.24, 2.45) is 0 Å². The number of phenols is 1. The van der Waals surface area contributed by atoms with Gasteiger partial charge in [-0.25, -0.2) is 4.98 Å². The minimum Gasteiger partial charge on any atom is -0.507 e. The van der Waals surface area contributed by atoms with E-state index >= 15 is 0 Å². The fourth-order valence-corrected chi connectivity index (χ4v) is 2.94. The van der Waals surface area contributed by atoms with Gasteiger partial charge in [0.05, 0.1) is 18.3 Å². The number of hydrogen-bond acceptors (Lipinski definition) is 3. The van der Waals surface area contributed by atoms with Crippen LogP contribution in [0.3, 0.4) is 0 Å². The van der Waals surface area contributed by atoms with Gasteiger partial charge in [-0.15, -0.1) is 0 Å². The number of para-hydroxylation sites is 1. The maximum absolute atomic E-state index is 10.2. The lowest BCUT2D eigenvalue weighted by Gasteiger charge is -2.11. The van der Waals surface area contributed by atoms with Crippen LogP contribution in [-0.4, -0.2) is 17.2 Å². The van der Waals surface area contributed by atoms with E-state index < -0.39 is 0 Å². The molecule has 0 spiro atoms. The molecule has 0 saturated carbocycles. The van der Waals surface area contributed by atoms with Crippen LogP contribution in [0.25, 0.3) is 32.9 Å². The van der Waals surface area contributed by atoms with Crippen molar-refractivity contribution in [1.29, 1.82) is 0 Å². The van der Waals surface area contributed by atoms with Gasteiger partial charge < -0.3 is 9.84 Å². The first kappa shape index (κ1) is 13.6. The highest BCUT2D eigenvalue weighted by Crippen LogP contribution is 2.36. The maximum Gasteiger partial charge on any atom is 0.124 e. The predicted molar refractivity (Wildman–Crippen MR) is 92.9 cm³/mol. The minimum absolute atomic E-state index is 0.234. The Balaban J connectivity index is 2.14. The second-order valence-corrected chi connectivity index (χ2v) is 5.41. The topological polar surface area (TPSA) is 42.4 Å². The molecule has 3 aromatic carbocycles. The van der Waals surface area contributed by atoms with Gasteiger partial charge in [-0.3, -0.25) is 0 Å². The number of rotatable bonds is 2. The minimum atomic E-state index is 0.234. The summed E-state index contributed by atoms with van der Waals surface area (Å²) in [4.78, 5) is 4.79. The first-order chi connectivity index (χ1) is 11.3. The third-order valence-corrected chi connectivity index (χ3v) is 4.07. The first-order valence-electron chi connectivity index (χ1n) is 7.43. The zero-order valence-corrected chi connectivity index (χ0v) is 12.7. The van der Waals surface area contributed by atoms with E-state index in [1.54, 1.807) is 13.2 Å². The van der Waals surface area contributed by atoms with Gasteiger partial charge in [-0.2, -0.15) is 0 Å². The van der Waals surface area contributed by atoms with Gasteiger partial charge in [0, 0.05) is 16.3 Å². The van der Waals surface area contributed by atoms with Crippen LogP contribution in [0.15, 0.2) is 66.7 Å². The van der Waals surface area contributed by atoms with E-state index in [4.69, 9.17) is 9.72 Å². The lowest BCUT2D eigenvalue weighted by Crippen LogP contribution is -1.91. The highest BCUT2D eigenvalue weighted by molar-refractivity contribution is 6.11. The molecule has 23 heavy (non-hydrogen) atoms. The van der Waals surface area contributed by atoms with Crippen LogP contribution in [0.2, 0.25) is 0 Å². The molecule has 0 aliphatic heterocycles. The predicted octanol–water partition coefficient (Wildman–Crippen LogP) is 4.77. The molecule has 3 nitrogen and oxygen atoms in total. The molecule has 0 unspecified atom stereocenters. The Bertz CT molecular complexity index is 1020. The molecule has 0 bridgehead atoms. The van der Waals surface area contributed by atoms with Crippen molar-refractivity contribution >= 4 is 21.7 Å². The smallest absolute Gasteiger partial charge is 0.124 e. The highest BCUT2D eigenvalue weighted by Gasteiger charge is 2.13. The molecule has 0 amide bonds. The Morgan fingerprint density at radius 2 is 1.57 bits per heavy atom. The van der Waals surface area contributed by atoms with Gasteiger partial charge in [-0.1, -0.05) is 36.4 Å². The standard InChI is InChI=1S/C20H15NO2/c1-23-13-10-11-18-17(12-13)14-6-2-3-7-15(14)20(21-18)16-8-4-5-9-19(16)22/h2-12,22H,1H3. The number of fused-ring (bicyclic) bond motifs is 3. The second-order valence-electron chi connectivity index (χ2n) is 5.41. The third kappa shape index (κ3) is 2.18. The number of methoxy groups -OCH3 is 1. The Hall–Kier alpha value is -3.07. The molecule has 3 heteroatoms. The normalized spacial score (nSPS) is 11.0. The monoisotopic (exact) mass is 301 g/mol. The summed E-state index contributed by atoms with van der Waals surface area (Å²) < 4.78 is 5.34. The summed E-state index contributed by atoms with van der Waals surface area (Å²) in [7, 11) is 1.66. The quantitative estimate of drug-likeness (QED) is 0.542. The van der Waals surface area contributed by atoms with Crippen molar-refractivity contribution in [3.8, 4) is 22.8 Å². The van der Waals surface area contributed by atoms with Crippen LogP contribution in [0, 0.1) is 0 Å². The Morgan fingerprint density at radius 1 is 0.826 bits per heavy atom. The Labute approximate surface area is 133 Å². The molecule has 0 aliphatic carbocycles. The number of phenolic OH excluding ortho intramolecular Hbond substituents is 1. The van der Waals surface area contributed by atoms with Crippen molar-refractivity contribution in [2.75, 3.05) is 7.11 Å². The average Bonchev–Trinajstić information content (AvgIpc) is 2.61. The third-order valence-electron chi connectivity index (χ3n) is 4.07. The van der Waals surface area contributed by atoms with E-state index in [1.807, 2.05) is 54.6 Å². The summed E-state index contributed by atoms with van der Waals surface area (Å²) in [5.41, 5.74) is 2.40. The lowest BCUT2D eigenvalue weighted by atomic mass is 9.99. The molecule has 4 rings (SSSR count). The van der Waals surface area contributed by atoms with E-state index in [2.05, 4.69) is 6.07 Å². The Morgan fingerprint density at radius 3 is 2.35 bits per heavy atom. The molecule has 0 saturated heterocycles. The highest BCUT2D eigenvalue weighted by atomic mass is 16.5. The van der Waals surface area contributed by atoms with Crippen LogP contribution in [0.1, 0.15) is 0 Å². The van der Waals surface area contributed by atoms with Crippen LogP contribution in [-0.2, 0) is 0 Å². The van der Waals surface area contributed by atoms with Gasteiger partial charge in [0.15, 0.2) is 0 Å². The molecule has 4 aromatic rings. The number of benzene rings is 3. The summed E-state index contributed by atoms with van der Waals surface area (Å²) in [5.74, 6) is 1.04. The van der Waals surface area contributed by atoms with Crippen LogP contribution in [0.4, 0.5) is 0 Å². The van der Waals surface area contributed by atoms with Crippen LogP contribution in [0.5, 0.6) is 11.5 Å². The number of ether oxygens (including phenoxy) is 1. The molecule has 1 aromatic heterocycles. The SMILES string of the molecule is COc1ccc2nc(-c3ccccc3O)c3ccccc3c2c1. The second kappa shape index (κ2) is 5.29. The summed E-state index contributed by atoms with van der Waals surface area (Å²) in [6, 6.07) is 21.2. The van der Waals surface area contributed by atoms with Gasteiger partial charge in [0.25, 0.3) is 0 Å². The largest absolute Gasteiger partial charge is 0.507 e. The number of hydrogen-bond donors (Lipinski definition) is 1. The van der Waals surface area contributed by atoms with E-state index in [-0.39, 0.29) is 5.75 Å². The van der Waals surface area contributed by atoms with Crippen molar-refractivity contribution in [3.63, 3.8) is 0 Å². The summed E-state index contributed by atoms with van der Waals surface area (Å²) in [6.07, 6.45) is 0. The molecule has 0 fully saturated rings. The molecular weight excluding hydrogens is 286 g/mol. The van der Waals surface area contributed by atoms with Crippen molar-refractivity contribution < 1.29 is 9.84 Å². The zero-order chi connectivity index (χ0) is 15.8. The fourth-order valence-electron chi connectivity index (χ4n) is 2.94. The van der Waals surface area contributed by atoms with Gasteiger partial charge in [0.1, 0.15) is 11.5 Å². The Kier molecular flexibility index (Phi) is 3.12. The number of aromatic nitrogens is 1. The average molecular weight is 301 g/mol. The van der Waals surface area contributed by atoms with Crippen molar-refractivity contribution in [3.05, 3.63) is 66.7 Å². The number of aromatic hydroxyl groups is 1. The maximum atomic E-state index is 10.2. The lowest BCUT2D eigenvalue weighted by molar-refractivity contribution is 0.415. The summed E-state index contributed by atoms with van der Waals surface area (Å²) in [5, 5.41) is 13.4. The van der Waals surface area contributed by atoms with Crippen molar-refractivity contribution in [2.45, 2.75) is 0 Å². The zero-order valence-electron chi connectivity index (χ0n) is 12.7. The number of nitrogens with zero attached hydrogens (tertiary/aromatic N) is 1. The molecule has 0 radical (unpaired) electrons. The van der Waals surface area contributed by atoms with Crippen LogP contribution < -0.4 is 4.74 Å². The molecule has 0 atom stereocenters. The summed E-state index contributed by atoms with van der Waals surface area (Å²) in [6.45, 7) is 0. The van der Waals surface area contributed by atoms with Crippen molar-refractivity contribution in [1.82, 2.24) is 4.98 Å². The molecular formula is C20H15NO2. The fraction of sp³-hybridized carbons (Fsp3) is 0.0500. The molecule has 1 heterocycles. The van der Waals surface area contributed by atoms with E-state index in [0.717, 1.165) is 38.7 Å². The molecule has 1 N–H and O–H groups in total. The van der Waals surface area contributed by atoms with E-state index in [1.165, 1.54) is 0 Å². The molecule has 0 aliphatic rings. The van der Waals surface area contributed by atoms with Gasteiger partial charge in [0.2, 0.25) is 0 Å². The number of pyridine rings is 1. The van der Waals surface area contributed by atoms with Crippen LogP contribution >= 0.6 is 0 Å². The van der Waals surface area contributed by atoms with E-state index in [9.17, 15) is 5.11 Å². The van der Waals surface area contributed by atoms with Gasteiger partial charge in [-0.05, 0) is 35.7 Å². The first-order valence-corrected chi connectivity index (χ1v) is 7.43. The van der Waals surface area contributed by atoms with E-state index in [0.29, 0.717) is 0 Å². The molecule has 112 valence electrons. The summed E-state index contributed by atoms with van der Waals surface area (Å²) >= 11 is 0.